The van der Waals surface area contributed by atoms with Gasteiger partial charge >= 0.3 is 0 Å². The van der Waals surface area contributed by atoms with Crippen LogP contribution in [0.4, 0.5) is 11.4 Å². The van der Waals surface area contributed by atoms with Gasteiger partial charge < -0.3 is 14.2 Å². The SMILES string of the molecule is Cc1oc(-c2ccccc2)c2c1C(c1ccccc1)N(c1ccccc1)CN(c1ccccc1)C2. The van der Waals surface area contributed by atoms with Gasteiger partial charge in [0.15, 0.2) is 0 Å². The van der Waals surface area contributed by atoms with Crippen LogP contribution < -0.4 is 9.80 Å². The first-order chi connectivity index (χ1) is 17.3. The van der Waals surface area contributed by atoms with Gasteiger partial charge in [0.2, 0.25) is 0 Å². The van der Waals surface area contributed by atoms with Crippen molar-refractivity contribution < 1.29 is 4.42 Å². The van der Waals surface area contributed by atoms with Crippen LogP contribution in [0.2, 0.25) is 0 Å². The second-order valence-corrected chi connectivity index (χ2v) is 9.04. The molecule has 1 unspecified atom stereocenters. The molecule has 3 heteroatoms. The second-order valence-electron chi connectivity index (χ2n) is 9.04. The Morgan fingerprint density at radius 1 is 0.657 bits per heavy atom. The molecule has 0 saturated carbocycles. The van der Waals surface area contributed by atoms with Gasteiger partial charge in [-0.2, -0.15) is 0 Å². The molecular weight excluding hydrogens is 428 g/mol. The molecule has 35 heavy (non-hydrogen) atoms. The molecule has 1 aromatic heterocycles. The normalized spacial score (nSPS) is 15.5. The molecule has 0 radical (unpaired) electrons. The highest BCUT2D eigenvalue weighted by atomic mass is 16.3. The fourth-order valence-corrected chi connectivity index (χ4v) is 5.25. The van der Waals surface area contributed by atoms with Crippen LogP contribution in [-0.2, 0) is 6.54 Å². The number of rotatable bonds is 4. The van der Waals surface area contributed by atoms with Crippen LogP contribution in [0.25, 0.3) is 11.3 Å². The summed E-state index contributed by atoms with van der Waals surface area (Å²) in [5.74, 6) is 1.94. The van der Waals surface area contributed by atoms with Gasteiger partial charge in [-0.1, -0.05) is 97.1 Å². The van der Waals surface area contributed by atoms with E-state index < -0.39 is 0 Å². The molecule has 2 heterocycles. The first kappa shape index (κ1) is 21.3. The van der Waals surface area contributed by atoms with E-state index >= 15 is 0 Å². The molecule has 6 rings (SSSR count). The Hall–Kier alpha value is -4.24. The molecule has 0 N–H and O–H groups in total. The smallest absolute Gasteiger partial charge is 0.139 e. The van der Waals surface area contributed by atoms with Crippen LogP contribution in [0, 0.1) is 6.92 Å². The first-order valence-corrected chi connectivity index (χ1v) is 12.1. The first-order valence-electron chi connectivity index (χ1n) is 12.1. The van der Waals surface area contributed by atoms with Crippen LogP contribution in [0.15, 0.2) is 126 Å². The zero-order valence-corrected chi connectivity index (χ0v) is 19.8. The van der Waals surface area contributed by atoms with Gasteiger partial charge in [0, 0.05) is 34.6 Å². The van der Waals surface area contributed by atoms with E-state index in [2.05, 4.69) is 138 Å². The summed E-state index contributed by atoms with van der Waals surface area (Å²) in [6.45, 7) is 3.64. The van der Waals surface area contributed by atoms with Crippen molar-refractivity contribution in [1.29, 1.82) is 0 Å². The predicted molar refractivity (Wildman–Crippen MR) is 144 cm³/mol. The summed E-state index contributed by atoms with van der Waals surface area (Å²) in [4.78, 5) is 4.96. The van der Waals surface area contributed by atoms with E-state index in [9.17, 15) is 0 Å². The van der Waals surface area contributed by atoms with Gasteiger partial charge in [-0.05, 0) is 36.8 Å². The monoisotopic (exact) mass is 456 g/mol. The van der Waals surface area contributed by atoms with Gasteiger partial charge in [-0.25, -0.2) is 0 Å². The fourth-order valence-electron chi connectivity index (χ4n) is 5.25. The summed E-state index contributed by atoms with van der Waals surface area (Å²) in [5.41, 5.74) is 7.28. The maximum absolute atomic E-state index is 6.58. The maximum Gasteiger partial charge on any atom is 0.139 e. The third kappa shape index (κ3) is 4.00. The average Bonchev–Trinajstić information content (AvgIpc) is 3.13. The van der Waals surface area contributed by atoms with Gasteiger partial charge in [0.05, 0.1) is 12.7 Å². The highest BCUT2D eigenvalue weighted by molar-refractivity contribution is 5.69. The van der Waals surface area contributed by atoms with Crippen LogP contribution in [0.5, 0.6) is 0 Å². The van der Waals surface area contributed by atoms with E-state index in [1.807, 2.05) is 0 Å². The predicted octanol–water partition coefficient (Wildman–Crippen LogP) is 7.83. The standard InChI is InChI=1S/C32H28N2O/c1-24-30-29(32(35-24)26-16-8-3-9-17-26)22-33(27-18-10-4-11-19-27)23-34(28-20-12-5-13-21-28)31(30)25-14-6-2-7-15-25/h2-21,31H,22-23H2,1H3. The van der Waals surface area contributed by atoms with Crippen LogP contribution in [-0.4, -0.2) is 6.67 Å². The molecular formula is C32H28N2O. The molecule has 0 bridgehead atoms. The molecule has 172 valence electrons. The quantitative estimate of drug-likeness (QED) is 0.275. The van der Waals surface area contributed by atoms with Crippen molar-refractivity contribution in [2.45, 2.75) is 19.5 Å². The zero-order valence-electron chi connectivity index (χ0n) is 19.8. The summed E-state index contributed by atoms with van der Waals surface area (Å²) in [5, 5.41) is 0. The van der Waals surface area contributed by atoms with Crippen molar-refractivity contribution >= 4 is 11.4 Å². The lowest BCUT2D eigenvalue weighted by Crippen LogP contribution is -2.38. The zero-order chi connectivity index (χ0) is 23.6. The van der Waals surface area contributed by atoms with Gasteiger partial charge in [-0.3, -0.25) is 0 Å². The number of aryl methyl sites for hydroxylation is 1. The lowest BCUT2D eigenvalue weighted by molar-refractivity contribution is 0.534. The van der Waals surface area contributed by atoms with Gasteiger partial charge in [0.1, 0.15) is 11.5 Å². The van der Waals surface area contributed by atoms with E-state index in [4.69, 9.17) is 4.42 Å². The minimum absolute atomic E-state index is 0.0310. The van der Waals surface area contributed by atoms with Crippen molar-refractivity contribution in [3.05, 3.63) is 144 Å². The molecule has 1 aliphatic rings. The Balaban J connectivity index is 1.61. The van der Waals surface area contributed by atoms with Crippen LogP contribution in [0.1, 0.15) is 28.5 Å². The number of anilines is 2. The lowest BCUT2D eigenvalue weighted by Gasteiger charge is -2.36. The van der Waals surface area contributed by atoms with E-state index in [1.165, 1.54) is 28.1 Å². The Kier molecular flexibility index (Phi) is 5.59. The third-order valence-electron chi connectivity index (χ3n) is 6.85. The van der Waals surface area contributed by atoms with E-state index in [0.717, 1.165) is 30.3 Å². The summed E-state index contributed by atoms with van der Waals surface area (Å²) < 4.78 is 6.58. The third-order valence-corrected chi connectivity index (χ3v) is 6.85. The number of para-hydroxylation sites is 2. The number of benzene rings is 4. The summed E-state index contributed by atoms with van der Waals surface area (Å²) in [6, 6.07) is 42.8. The topological polar surface area (TPSA) is 19.6 Å². The summed E-state index contributed by atoms with van der Waals surface area (Å²) >= 11 is 0. The molecule has 4 aromatic carbocycles. The highest BCUT2D eigenvalue weighted by Gasteiger charge is 2.36. The van der Waals surface area contributed by atoms with E-state index in [0.29, 0.717) is 0 Å². The number of hydrogen-bond acceptors (Lipinski definition) is 3. The molecule has 0 aliphatic carbocycles. The summed E-state index contributed by atoms with van der Waals surface area (Å²) in [6.07, 6.45) is 0. The van der Waals surface area contributed by atoms with Crippen LogP contribution >= 0.6 is 0 Å². The highest BCUT2D eigenvalue weighted by Crippen LogP contribution is 2.44. The second kappa shape index (κ2) is 9.19. The molecule has 1 aliphatic heterocycles. The lowest BCUT2D eigenvalue weighted by atomic mass is 9.92. The van der Waals surface area contributed by atoms with Crippen molar-refractivity contribution in [3.8, 4) is 11.3 Å². The van der Waals surface area contributed by atoms with Gasteiger partial charge in [0.25, 0.3) is 0 Å². The average molecular weight is 457 g/mol. The Bertz CT molecular complexity index is 1400. The summed E-state index contributed by atoms with van der Waals surface area (Å²) in [7, 11) is 0. The molecule has 5 aromatic rings. The molecule has 3 nitrogen and oxygen atoms in total. The van der Waals surface area contributed by atoms with Crippen LogP contribution in [0.3, 0.4) is 0 Å². The number of fused-ring (bicyclic) bond motifs is 1. The molecule has 0 saturated heterocycles. The van der Waals surface area contributed by atoms with E-state index in [1.54, 1.807) is 0 Å². The Labute approximate surface area is 206 Å². The molecule has 1 atom stereocenters. The minimum Gasteiger partial charge on any atom is -0.461 e. The molecule has 0 spiro atoms. The van der Waals surface area contributed by atoms with E-state index in [-0.39, 0.29) is 6.04 Å². The molecule has 0 amide bonds. The minimum atomic E-state index is 0.0310. The van der Waals surface area contributed by atoms with Crippen molar-refractivity contribution in [2.75, 3.05) is 16.5 Å². The fraction of sp³-hybridized carbons (Fsp3) is 0.125. The number of furan rings is 1. The van der Waals surface area contributed by atoms with Crippen molar-refractivity contribution in [3.63, 3.8) is 0 Å². The Morgan fingerprint density at radius 3 is 1.83 bits per heavy atom. The largest absolute Gasteiger partial charge is 0.461 e. The number of nitrogens with zero attached hydrogens (tertiary/aromatic N) is 2. The van der Waals surface area contributed by atoms with Crippen molar-refractivity contribution in [2.24, 2.45) is 0 Å². The van der Waals surface area contributed by atoms with Crippen molar-refractivity contribution in [1.82, 2.24) is 0 Å². The molecule has 0 fully saturated rings. The maximum atomic E-state index is 6.58. The van der Waals surface area contributed by atoms with Gasteiger partial charge in [-0.15, -0.1) is 0 Å². The Morgan fingerprint density at radius 2 is 1.20 bits per heavy atom. The number of hydrogen-bond donors (Lipinski definition) is 0.